The van der Waals surface area contributed by atoms with Gasteiger partial charge in [-0.2, -0.15) is 0 Å². The minimum absolute atomic E-state index is 0.0934. The van der Waals surface area contributed by atoms with Gasteiger partial charge in [0.1, 0.15) is 12.1 Å². The predicted molar refractivity (Wildman–Crippen MR) is 149 cm³/mol. The fourth-order valence-corrected chi connectivity index (χ4v) is 7.24. The molecule has 2 aromatic rings. The smallest absolute Gasteiger partial charge is 0.404 e. The van der Waals surface area contributed by atoms with Gasteiger partial charge in [0.05, 0.1) is 12.3 Å². The van der Waals surface area contributed by atoms with Gasteiger partial charge in [0.25, 0.3) is 0 Å². The molecule has 2 saturated heterocycles. The summed E-state index contributed by atoms with van der Waals surface area (Å²) in [6.07, 6.45) is 12.9. The number of likely N-dealkylation sites (tertiary alicyclic amines) is 1. The minimum Gasteiger partial charge on any atom is -0.486 e. The molecule has 1 aromatic carbocycles. The first-order valence-corrected chi connectivity index (χ1v) is 14.9. The van der Waals surface area contributed by atoms with Crippen molar-refractivity contribution in [3.8, 4) is 17.2 Å². The van der Waals surface area contributed by atoms with Gasteiger partial charge in [-0.3, -0.25) is 0 Å². The molecule has 9 nitrogen and oxygen atoms in total. The second-order valence-electron chi connectivity index (χ2n) is 12.3. The van der Waals surface area contributed by atoms with Crippen molar-refractivity contribution < 1.29 is 23.8 Å². The standard InChI is InChI=1S/C30H40FN5O4/c31-22-7-10-25(26(15-22)39-24-3-1-2-4-24)40-27-16-32-20-33-28(27)36-14-12-30(19-36)11-13-35(18-30)17-21-5-8-23(9-6-21)34-29(37)38/h7,10,15-16,20-21,23-24,34H,1-6,8-9,11-14,17-19H2,(H,37,38). The first-order chi connectivity index (χ1) is 19.4. The van der Waals surface area contributed by atoms with Gasteiger partial charge in [0, 0.05) is 43.7 Å². The summed E-state index contributed by atoms with van der Waals surface area (Å²) in [7, 11) is 0. The van der Waals surface area contributed by atoms with Crippen molar-refractivity contribution in [2.45, 2.75) is 76.4 Å². The van der Waals surface area contributed by atoms with E-state index in [0.717, 1.165) is 103 Å². The Kier molecular flexibility index (Phi) is 7.96. The molecular weight excluding hydrogens is 513 g/mol. The largest absolute Gasteiger partial charge is 0.486 e. The topological polar surface area (TPSA) is 100 Å². The zero-order chi connectivity index (χ0) is 27.5. The minimum atomic E-state index is -0.913. The SMILES string of the molecule is O=C(O)NC1CCC(CN2CCC3(CCN(c4ncncc4Oc4ccc(F)cc4OC4CCCC4)C3)C2)CC1. The first kappa shape index (κ1) is 27.1. The number of aromatic nitrogens is 2. The molecular formula is C30H40FN5O4. The van der Waals surface area contributed by atoms with Crippen LogP contribution in [0.1, 0.15) is 64.2 Å². The van der Waals surface area contributed by atoms with E-state index in [-0.39, 0.29) is 23.4 Å². The number of nitrogens with one attached hydrogen (secondary N) is 1. The third-order valence-corrected chi connectivity index (χ3v) is 9.33. The van der Waals surface area contributed by atoms with Crippen LogP contribution in [0.4, 0.5) is 15.0 Å². The van der Waals surface area contributed by atoms with E-state index < -0.39 is 6.09 Å². The average Bonchev–Trinajstić information content (AvgIpc) is 3.69. The van der Waals surface area contributed by atoms with Crippen LogP contribution < -0.4 is 19.7 Å². The number of anilines is 1. The van der Waals surface area contributed by atoms with Crippen molar-refractivity contribution in [2.75, 3.05) is 37.6 Å². The maximum Gasteiger partial charge on any atom is 0.404 e. The van der Waals surface area contributed by atoms with E-state index in [2.05, 4.69) is 25.1 Å². The molecule has 1 amide bonds. The molecule has 0 bridgehead atoms. The number of halogens is 1. The van der Waals surface area contributed by atoms with Crippen LogP contribution >= 0.6 is 0 Å². The summed E-state index contributed by atoms with van der Waals surface area (Å²) in [6, 6.07) is 4.53. The predicted octanol–water partition coefficient (Wildman–Crippen LogP) is 5.46. The van der Waals surface area contributed by atoms with Gasteiger partial charge < -0.3 is 29.7 Å². The van der Waals surface area contributed by atoms with Gasteiger partial charge in [-0.1, -0.05) is 0 Å². The molecule has 2 aliphatic carbocycles. The molecule has 3 heterocycles. The summed E-state index contributed by atoms with van der Waals surface area (Å²) in [5.74, 6) is 2.53. The third-order valence-electron chi connectivity index (χ3n) is 9.33. The van der Waals surface area contributed by atoms with E-state index in [4.69, 9.17) is 14.6 Å². The number of carboxylic acid groups (broad SMARTS) is 1. The molecule has 0 radical (unpaired) electrons. The van der Waals surface area contributed by atoms with Crippen LogP contribution in [-0.4, -0.2) is 70.9 Å². The maximum absolute atomic E-state index is 14.1. The van der Waals surface area contributed by atoms with Crippen LogP contribution in [0.2, 0.25) is 0 Å². The summed E-state index contributed by atoms with van der Waals surface area (Å²) in [5.41, 5.74) is 0.233. The number of ether oxygens (including phenoxy) is 2. The van der Waals surface area contributed by atoms with E-state index in [1.165, 1.54) is 12.1 Å². The normalized spacial score (nSPS) is 27.4. The Hall–Kier alpha value is -3.14. The third kappa shape index (κ3) is 6.27. The number of nitrogens with zero attached hydrogens (tertiary/aromatic N) is 4. The fraction of sp³-hybridized carbons (Fsp3) is 0.633. The van der Waals surface area contributed by atoms with Crippen molar-refractivity contribution in [3.05, 3.63) is 36.5 Å². The Bertz CT molecular complexity index is 1190. The van der Waals surface area contributed by atoms with Gasteiger partial charge >= 0.3 is 6.09 Å². The highest BCUT2D eigenvalue weighted by Gasteiger charge is 2.44. The van der Waals surface area contributed by atoms with E-state index in [9.17, 15) is 9.18 Å². The second-order valence-corrected chi connectivity index (χ2v) is 12.3. The highest BCUT2D eigenvalue weighted by Crippen LogP contribution is 2.44. The maximum atomic E-state index is 14.1. The summed E-state index contributed by atoms with van der Waals surface area (Å²) in [4.78, 5) is 24.7. The molecule has 1 atom stereocenters. The van der Waals surface area contributed by atoms with Gasteiger partial charge in [-0.15, -0.1) is 0 Å². The number of rotatable bonds is 8. The van der Waals surface area contributed by atoms with E-state index in [1.54, 1.807) is 18.6 Å². The molecule has 40 heavy (non-hydrogen) atoms. The van der Waals surface area contributed by atoms with Gasteiger partial charge in [-0.25, -0.2) is 19.2 Å². The quantitative estimate of drug-likeness (QED) is 0.445. The number of amides is 1. The van der Waals surface area contributed by atoms with Gasteiger partial charge in [0.2, 0.25) is 0 Å². The van der Waals surface area contributed by atoms with E-state index in [0.29, 0.717) is 23.2 Å². The number of carbonyl (C=O) groups is 1. The van der Waals surface area contributed by atoms with Crippen molar-refractivity contribution >= 4 is 11.9 Å². The number of benzene rings is 1. The van der Waals surface area contributed by atoms with Crippen LogP contribution in [0.3, 0.4) is 0 Å². The van der Waals surface area contributed by atoms with Crippen LogP contribution in [0.25, 0.3) is 0 Å². The molecule has 1 spiro atoms. The zero-order valence-corrected chi connectivity index (χ0v) is 23.1. The Labute approximate surface area is 235 Å². The lowest BCUT2D eigenvalue weighted by Gasteiger charge is -2.32. The molecule has 2 aliphatic heterocycles. The Morgan fingerprint density at radius 3 is 2.65 bits per heavy atom. The van der Waals surface area contributed by atoms with Crippen molar-refractivity contribution in [1.82, 2.24) is 20.2 Å². The number of hydrogen-bond donors (Lipinski definition) is 2. The first-order valence-electron chi connectivity index (χ1n) is 14.9. The van der Waals surface area contributed by atoms with Crippen molar-refractivity contribution in [2.24, 2.45) is 11.3 Å². The monoisotopic (exact) mass is 553 g/mol. The van der Waals surface area contributed by atoms with Crippen molar-refractivity contribution in [1.29, 1.82) is 0 Å². The van der Waals surface area contributed by atoms with Crippen molar-refractivity contribution in [3.63, 3.8) is 0 Å². The fourth-order valence-electron chi connectivity index (χ4n) is 7.24. The Morgan fingerprint density at radius 2 is 1.85 bits per heavy atom. The Morgan fingerprint density at radius 1 is 1.05 bits per heavy atom. The average molecular weight is 554 g/mol. The highest BCUT2D eigenvalue weighted by molar-refractivity contribution is 5.64. The van der Waals surface area contributed by atoms with Gasteiger partial charge in [0.15, 0.2) is 23.1 Å². The van der Waals surface area contributed by atoms with Crippen LogP contribution in [0.15, 0.2) is 30.7 Å². The molecule has 4 aliphatic rings. The summed E-state index contributed by atoms with van der Waals surface area (Å²) in [5, 5.41) is 11.6. The molecule has 216 valence electrons. The van der Waals surface area contributed by atoms with Crippen LogP contribution in [0, 0.1) is 17.2 Å². The lowest BCUT2D eigenvalue weighted by Crippen LogP contribution is -2.39. The Balaban J connectivity index is 1.08. The molecule has 1 aromatic heterocycles. The van der Waals surface area contributed by atoms with Crippen LogP contribution in [0.5, 0.6) is 17.2 Å². The lowest BCUT2D eigenvalue weighted by atomic mass is 9.85. The second kappa shape index (κ2) is 11.8. The van der Waals surface area contributed by atoms with Crippen LogP contribution in [-0.2, 0) is 0 Å². The number of hydrogen-bond acceptors (Lipinski definition) is 7. The highest BCUT2D eigenvalue weighted by atomic mass is 19.1. The molecule has 10 heteroatoms. The lowest BCUT2D eigenvalue weighted by molar-refractivity contribution is 0.172. The molecule has 4 fully saturated rings. The molecule has 2 saturated carbocycles. The molecule has 1 unspecified atom stereocenters. The summed E-state index contributed by atoms with van der Waals surface area (Å²) in [6.45, 7) is 5.10. The molecule has 2 N–H and O–H groups in total. The molecule has 6 rings (SSSR count). The van der Waals surface area contributed by atoms with E-state index in [1.807, 2.05) is 0 Å². The zero-order valence-electron chi connectivity index (χ0n) is 23.1. The summed E-state index contributed by atoms with van der Waals surface area (Å²) < 4.78 is 26.6. The van der Waals surface area contributed by atoms with E-state index >= 15 is 0 Å². The summed E-state index contributed by atoms with van der Waals surface area (Å²) >= 11 is 0. The van der Waals surface area contributed by atoms with Gasteiger partial charge in [-0.05, 0) is 88.8 Å².